The van der Waals surface area contributed by atoms with Gasteiger partial charge in [-0.2, -0.15) is 0 Å². The standard InChI is InChI=1S/C17H26N2/c1-12-4-3-5-14(6-12)15-9-16(18)11-19(10-15)17-7-13(2)8-17/h3-6,13,15-17H,7-11,18H2,1-2H3. The molecule has 0 amide bonds. The Labute approximate surface area is 117 Å². The van der Waals surface area contributed by atoms with Crippen molar-refractivity contribution in [2.75, 3.05) is 13.1 Å². The predicted octanol–water partition coefficient (Wildman–Crippen LogP) is 2.91. The van der Waals surface area contributed by atoms with Crippen LogP contribution in [0.3, 0.4) is 0 Å². The quantitative estimate of drug-likeness (QED) is 0.884. The van der Waals surface area contributed by atoms with Crippen LogP contribution in [0.25, 0.3) is 0 Å². The fourth-order valence-electron chi connectivity index (χ4n) is 3.80. The Kier molecular flexibility index (Phi) is 3.64. The van der Waals surface area contributed by atoms with Gasteiger partial charge in [-0.3, -0.25) is 4.90 Å². The van der Waals surface area contributed by atoms with E-state index in [1.54, 1.807) is 0 Å². The lowest BCUT2D eigenvalue weighted by atomic mass is 9.78. The summed E-state index contributed by atoms with van der Waals surface area (Å²) < 4.78 is 0. The number of benzene rings is 1. The van der Waals surface area contributed by atoms with Crippen molar-refractivity contribution >= 4 is 0 Å². The van der Waals surface area contributed by atoms with Crippen LogP contribution in [0.2, 0.25) is 0 Å². The summed E-state index contributed by atoms with van der Waals surface area (Å²) in [7, 11) is 0. The van der Waals surface area contributed by atoms with Crippen LogP contribution in [0.5, 0.6) is 0 Å². The highest BCUT2D eigenvalue weighted by atomic mass is 15.2. The van der Waals surface area contributed by atoms with E-state index in [0.29, 0.717) is 12.0 Å². The summed E-state index contributed by atoms with van der Waals surface area (Å²) in [4.78, 5) is 2.65. The summed E-state index contributed by atoms with van der Waals surface area (Å²) in [5, 5.41) is 0. The zero-order chi connectivity index (χ0) is 13.4. The van der Waals surface area contributed by atoms with Gasteiger partial charge >= 0.3 is 0 Å². The molecule has 0 bridgehead atoms. The van der Waals surface area contributed by atoms with Gasteiger partial charge in [-0.25, -0.2) is 0 Å². The average Bonchev–Trinajstić information content (AvgIpc) is 2.34. The van der Waals surface area contributed by atoms with Crippen molar-refractivity contribution < 1.29 is 0 Å². The molecule has 1 aliphatic heterocycles. The lowest BCUT2D eigenvalue weighted by Gasteiger charge is -2.47. The molecule has 1 saturated carbocycles. The summed E-state index contributed by atoms with van der Waals surface area (Å²) in [6, 6.07) is 10.1. The molecular formula is C17H26N2. The second-order valence-corrected chi connectivity index (χ2v) is 6.79. The number of nitrogens with zero attached hydrogens (tertiary/aromatic N) is 1. The molecule has 1 saturated heterocycles. The van der Waals surface area contributed by atoms with Gasteiger partial charge < -0.3 is 5.73 Å². The van der Waals surface area contributed by atoms with Crippen LogP contribution in [0, 0.1) is 12.8 Å². The molecule has 0 spiro atoms. The smallest absolute Gasteiger partial charge is 0.0174 e. The Bertz CT molecular complexity index is 437. The van der Waals surface area contributed by atoms with Crippen LogP contribution >= 0.6 is 0 Å². The molecule has 2 nitrogen and oxygen atoms in total. The molecule has 2 aliphatic rings. The highest BCUT2D eigenvalue weighted by Gasteiger charge is 2.35. The maximum atomic E-state index is 6.30. The van der Waals surface area contributed by atoms with E-state index in [9.17, 15) is 0 Å². The molecule has 2 N–H and O–H groups in total. The minimum Gasteiger partial charge on any atom is -0.327 e. The van der Waals surface area contributed by atoms with E-state index < -0.39 is 0 Å². The van der Waals surface area contributed by atoms with Gasteiger partial charge in [0.05, 0.1) is 0 Å². The Hall–Kier alpha value is -0.860. The lowest BCUT2D eigenvalue weighted by molar-refractivity contribution is 0.0542. The van der Waals surface area contributed by atoms with E-state index in [0.717, 1.165) is 24.9 Å². The zero-order valence-electron chi connectivity index (χ0n) is 12.2. The van der Waals surface area contributed by atoms with E-state index in [2.05, 4.69) is 43.0 Å². The number of aryl methyl sites for hydroxylation is 1. The van der Waals surface area contributed by atoms with Crippen molar-refractivity contribution in [3.8, 4) is 0 Å². The van der Waals surface area contributed by atoms with Crippen LogP contribution < -0.4 is 5.73 Å². The minimum absolute atomic E-state index is 0.343. The first-order chi connectivity index (χ1) is 9.11. The molecule has 3 rings (SSSR count). The molecular weight excluding hydrogens is 232 g/mol. The Morgan fingerprint density at radius 3 is 2.63 bits per heavy atom. The second kappa shape index (κ2) is 5.26. The van der Waals surface area contributed by atoms with E-state index in [1.165, 1.54) is 30.5 Å². The summed E-state index contributed by atoms with van der Waals surface area (Å²) in [5.74, 6) is 1.54. The molecule has 2 heteroatoms. The first kappa shape index (κ1) is 13.1. The number of nitrogens with two attached hydrogens (primary N) is 1. The second-order valence-electron chi connectivity index (χ2n) is 6.79. The molecule has 0 radical (unpaired) electrons. The maximum absolute atomic E-state index is 6.30. The fraction of sp³-hybridized carbons (Fsp3) is 0.647. The number of piperidine rings is 1. The third-order valence-corrected chi connectivity index (χ3v) is 4.89. The van der Waals surface area contributed by atoms with Crippen LogP contribution in [0.15, 0.2) is 24.3 Å². The van der Waals surface area contributed by atoms with Crippen LogP contribution in [-0.4, -0.2) is 30.1 Å². The third-order valence-electron chi connectivity index (χ3n) is 4.89. The highest BCUT2D eigenvalue weighted by Crippen LogP contribution is 2.35. The van der Waals surface area contributed by atoms with E-state index in [4.69, 9.17) is 5.73 Å². The molecule has 1 heterocycles. The third kappa shape index (κ3) is 2.85. The normalized spacial score (nSPS) is 35.9. The van der Waals surface area contributed by atoms with Crippen molar-refractivity contribution in [3.05, 3.63) is 35.4 Å². The minimum atomic E-state index is 0.343. The number of rotatable bonds is 2. The SMILES string of the molecule is Cc1cccc(C2CC(N)CN(C3CC(C)C3)C2)c1. The van der Waals surface area contributed by atoms with Gasteiger partial charge in [0.25, 0.3) is 0 Å². The fourth-order valence-corrected chi connectivity index (χ4v) is 3.80. The summed E-state index contributed by atoms with van der Waals surface area (Å²) in [6.07, 6.45) is 3.88. The van der Waals surface area contributed by atoms with Crippen molar-refractivity contribution in [3.63, 3.8) is 0 Å². The molecule has 19 heavy (non-hydrogen) atoms. The van der Waals surface area contributed by atoms with Gasteiger partial charge in [-0.15, -0.1) is 0 Å². The largest absolute Gasteiger partial charge is 0.327 e. The molecule has 104 valence electrons. The van der Waals surface area contributed by atoms with Crippen LogP contribution in [-0.2, 0) is 0 Å². The maximum Gasteiger partial charge on any atom is 0.0174 e. The highest BCUT2D eigenvalue weighted by molar-refractivity contribution is 5.26. The molecule has 2 atom stereocenters. The molecule has 1 aromatic rings. The van der Waals surface area contributed by atoms with E-state index in [-0.39, 0.29) is 0 Å². The van der Waals surface area contributed by atoms with Gasteiger partial charge in [0.2, 0.25) is 0 Å². The van der Waals surface area contributed by atoms with Gasteiger partial charge in [-0.1, -0.05) is 36.8 Å². The van der Waals surface area contributed by atoms with E-state index >= 15 is 0 Å². The first-order valence-corrected chi connectivity index (χ1v) is 7.68. The van der Waals surface area contributed by atoms with E-state index in [1.807, 2.05) is 0 Å². The zero-order valence-corrected chi connectivity index (χ0v) is 12.2. The predicted molar refractivity (Wildman–Crippen MR) is 80.3 cm³/mol. The van der Waals surface area contributed by atoms with Gasteiger partial charge in [-0.05, 0) is 43.6 Å². The van der Waals surface area contributed by atoms with Crippen molar-refractivity contribution in [1.82, 2.24) is 4.90 Å². The van der Waals surface area contributed by atoms with Crippen molar-refractivity contribution in [1.29, 1.82) is 0 Å². The van der Waals surface area contributed by atoms with Crippen molar-refractivity contribution in [2.45, 2.75) is 51.1 Å². The molecule has 2 unspecified atom stereocenters. The van der Waals surface area contributed by atoms with Crippen LogP contribution in [0.4, 0.5) is 0 Å². The molecule has 1 aliphatic carbocycles. The Morgan fingerprint density at radius 1 is 1.16 bits per heavy atom. The molecule has 1 aromatic carbocycles. The van der Waals surface area contributed by atoms with Gasteiger partial charge in [0.1, 0.15) is 0 Å². The Balaban J connectivity index is 1.71. The lowest BCUT2D eigenvalue weighted by Crippen LogP contribution is -2.53. The summed E-state index contributed by atoms with van der Waals surface area (Å²) in [5.41, 5.74) is 9.14. The number of likely N-dealkylation sites (tertiary alicyclic amines) is 1. The monoisotopic (exact) mass is 258 g/mol. The van der Waals surface area contributed by atoms with Gasteiger partial charge in [0.15, 0.2) is 0 Å². The topological polar surface area (TPSA) is 29.3 Å². The first-order valence-electron chi connectivity index (χ1n) is 7.68. The van der Waals surface area contributed by atoms with Crippen molar-refractivity contribution in [2.24, 2.45) is 11.7 Å². The number of hydrogen-bond donors (Lipinski definition) is 1. The van der Waals surface area contributed by atoms with Gasteiger partial charge in [0, 0.05) is 25.2 Å². The summed E-state index contributed by atoms with van der Waals surface area (Å²) >= 11 is 0. The molecule has 2 fully saturated rings. The average molecular weight is 258 g/mol. The molecule has 0 aromatic heterocycles. The number of hydrogen-bond acceptors (Lipinski definition) is 2. The Morgan fingerprint density at radius 2 is 1.95 bits per heavy atom. The van der Waals surface area contributed by atoms with Crippen LogP contribution in [0.1, 0.15) is 43.2 Å². The summed E-state index contributed by atoms with van der Waals surface area (Å²) in [6.45, 7) is 6.84.